The summed E-state index contributed by atoms with van der Waals surface area (Å²) in [6.45, 7) is 2.26. The van der Waals surface area contributed by atoms with Gasteiger partial charge in [0.2, 0.25) is 10.0 Å². The van der Waals surface area contributed by atoms with E-state index in [1.54, 1.807) is 0 Å². The number of Topliss-reactive ketones (excluding diaryl/α,β-unsaturated/α-hetero) is 1. The van der Waals surface area contributed by atoms with Crippen molar-refractivity contribution in [2.75, 3.05) is 12.8 Å². The number of sulfonamides is 1. The van der Waals surface area contributed by atoms with Gasteiger partial charge in [0.05, 0.1) is 6.26 Å². The van der Waals surface area contributed by atoms with Crippen molar-refractivity contribution in [3.8, 4) is 0 Å². The van der Waals surface area contributed by atoms with Gasteiger partial charge in [-0.25, -0.2) is 8.42 Å². The maximum Gasteiger partial charge on any atom is 0.211 e. The van der Waals surface area contributed by atoms with Gasteiger partial charge < -0.3 is 0 Å². The Bertz CT molecular complexity index is 297. The van der Waals surface area contributed by atoms with Gasteiger partial charge in [-0.3, -0.25) is 4.79 Å². The third kappa shape index (κ3) is 2.51. The van der Waals surface area contributed by atoms with Gasteiger partial charge in [0, 0.05) is 25.4 Å². The van der Waals surface area contributed by atoms with Crippen LogP contribution in [0.4, 0.5) is 0 Å². The third-order valence-corrected chi connectivity index (χ3v) is 3.71. The van der Waals surface area contributed by atoms with Crippen LogP contribution in [0, 0.1) is 0 Å². The minimum absolute atomic E-state index is 0.115. The number of ketones is 1. The quantitative estimate of drug-likeness (QED) is 0.655. The first-order chi connectivity index (χ1) is 5.95. The Kier molecular flexibility index (Phi) is 3.08. The first-order valence-corrected chi connectivity index (χ1v) is 6.28. The van der Waals surface area contributed by atoms with Crippen LogP contribution in [0.1, 0.15) is 26.2 Å². The molecule has 13 heavy (non-hydrogen) atoms. The van der Waals surface area contributed by atoms with Crippen molar-refractivity contribution in [1.29, 1.82) is 0 Å². The van der Waals surface area contributed by atoms with Crippen LogP contribution in [0.15, 0.2) is 0 Å². The molecule has 1 heterocycles. The van der Waals surface area contributed by atoms with Crippen LogP contribution in [0.5, 0.6) is 0 Å². The van der Waals surface area contributed by atoms with Gasteiger partial charge >= 0.3 is 0 Å². The highest BCUT2D eigenvalue weighted by Crippen LogP contribution is 2.19. The topological polar surface area (TPSA) is 54.5 Å². The second-order valence-corrected chi connectivity index (χ2v) is 5.36. The molecule has 0 aliphatic carbocycles. The average Bonchev–Trinajstić information content (AvgIpc) is 2.01. The summed E-state index contributed by atoms with van der Waals surface area (Å²) >= 11 is 0. The molecule has 5 heteroatoms. The molecule has 0 saturated carbocycles. The maximum atomic E-state index is 11.3. The minimum Gasteiger partial charge on any atom is -0.300 e. The molecule has 0 amide bonds. The second kappa shape index (κ2) is 3.75. The first kappa shape index (κ1) is 10.7. The standard InChI is InChI=1S/C8H15NO3S/c1-3-7-6-8(10)4-5-9(7)13(2,11)12/h7H,3-6H2,1-2H3. The lowest BCUT2D eigenvalue weighted by Crippen LogP contribution is -2.45. The van der Waals surface area contributed by atoms with E-state index in [1.165, 1.54) is 10.6 Å². The van der Waals surface area contributed by atoms with Crippen molar-refractivity contribution in [1.82, 2.24) is 4.31 Å². The fourth-order valence-electron chi connectivity index (χ4n) is 1.67. The van der Waals surface area contributed by atoms with Crippen molar-refractivity contribution in [3.05, 3.63) is 0 Å². The van der Waals surface area contributed by atoms with Crippen molar-refractivity contribution < 1.29 is 13.2 Å². The summed E-state index contributed by atoms with van der Waals surface area (Å²) in [6, 6.07) is -0.115. The Morgan fingerprint density at radius 1 is 1.54 bits per heavy atom. The van der Waals surface area contributed by atoms with E-state index in [0.717, 1.165) is 0 Å². The number of nitrogens with zero attached hydrogens (tertiary/aromatic N) is 1. The van der Waals surface area contributed by atoms with E-state index in [9.17, 15) is 13.2 Å². The van der Waals surface area contributed by atoms with Gasteiger partial charge in [0.25, 0.3) is 0 Å². The smallest absolute Gasteiger partial charge is 0.211 e. The molecule has 0 aromatic rings. The Hall–Kier alpha value is -0.420. The average molecular weight is 205 g/mol. The van der Waals surface area contributed by atoms with Crippen molar-refractivity contribution in [2.45, 2.75) is 32.2 Å². The van der Waals surface area contributed by atoms with Crippen LogP contribution in [-0.2, 0) is 14.8 Å². The molecule has 0 bridgehead atoms. The summed E-state index contributed by atoms with van der Waals surface area (Å²) in [6.07, 6.45) is 2.65. The lowest BCUT2D eigenvalue weighted by molar-refractivity contribution is -0.121. The lowest BCUT2D eigenvalue weighted by Gasteiger charge is -2.32. The summed E-state index contributed by atoms with van der Waals surface area (Å²) in [5.41, 5.74) is 0. The molecule has 0 spiro atoms. The molecule has 1 rings (SSSR count). The number of hydrogen-bond acceptors (Lipinski definition) is 3. The monoisotopic (exact) mass is 205 g/mol. The molecule has 1 aliphatic heterocycles. The molecule has 76 valence electrons. The largest absolute Gasteiger partial charge is 0.300 e. The summed E-state index contributed by atoms with van der Waals surface area (Å²) in [4.78, 5) is 11.1. The van der Waals surface area contributed by atoms with Gasteiger partial charge in [-0.15, -0.1) is 0 Å². The number of piperidine rings is 1. The fourth-order valence-corrected chi connectivity index (χ4v) is 2.86. The molecule has 1 unspecified atom stereocenters. The molecule has 0 radical (unpaired) electrons. The molecule has 1 fully saturated rings. The van der Waals surface area contributed by atoms with Crippen molar-refractivity contribution in [2.24, 2.45) is 0 Å². The minimum atomic E-state index is -3.13. The molecule has 4 nitrogen and oxygen atoms in total. The SMILES string of the molecule is CCC1CC(=O)CCN1S(C)(=O)=O. The summed E-state index contributed by atoms with van der Waals surface area (Å²) in [5.74, 6) is 0.173. The van der Waals surface area contributed by atoms with Crippen LogP contribution in [-0.4, -0.2) is 37.3 Å². The van der Waals surface area contributed by atoms with Gasteiger partial charge in [-0.05, 0) is 6.42 Å². The zero-order valence-corrected chi connectivity index (χ0v) is 8.80. The molecular formula is C8H15NO3S. The van der Waals surface area contributed by atoms with E-state index in [2.05, 4.69) is 0 Å². The fraction of sp³-hybridized carbons (Fsp3) is 0.875. The van der Waals surface area contributed by atoms with Crippen molar-refractivity contribution >= 4 is 15.8 Å². The van der Waals surface area contributed by atoms with Crippen LogP contribution < -0.4 is 0 Å². The molecule has 0 aromatic heterocycles. The third-order valence-electron chi connectivity index (χ3n) is 2.38. The zero-order valence-electron chi connectivity index (χ0n) is 7.99. The van der Waals surface area contributed by atoms with Gasteiger partial charge in [-0.2, -0.15) is 4.31 Å². The predicted octanol–water partition coefficient (Wildman–Crippen LogP) is 0.390. The Morgan fingerprint density at radius 2 is 2.15 bits per heavy atom. The number of rotatable bonds is 2. The summed E-state index contributed by atoms with van der Waals surface area (Å²) in [7, 11) is -3.13. The Labute approximate surface area is 79.0 Å². The normalized spacial score (nSPS) is 26.3. The van der Waals surface area contributed by atoms with Crippen LogP contribution in [0.25, 0.3) is 0 Å². The number of hydrogen-bond donors (Lipinski definition) is 0. The second-order valence-electron chi connectivity index (χ2n) is 3.43. The van der Waals surface area contributed by atoms with E-state index in [1.807, 2.05) is 6.92 Å². The molecule has 1 atom stereocenters. The van der Waals surface area contributed by atoms with E-state index in [-0.39, 0.29) is 11.8 Å². The van der Waals surface area contributed by atoms with Gasteiger partial charge in [-0.1, -0.05) is 6.92 Å². The van der Waals surface area contributed by atoms with E-state index in [0.29, 0.717) is 25.8 Å². The predicted molar refractivity (Wildman–Crippen MR) is 49.9 cm³/mol. The summed E-state index contributed by atoms with van der Waals surface area (Å²) < 4.78 is 24.0. The Morgan fingerprint density at radius 3 is 2.62 bits per heavy atom. The van der Waals surface area contributed by atoms with Crippen molar-refractivity contribution in [3.63, 3.8) is 0 Å². The van der Waals surface area contributed by atoms with Gasteiger partial charge in [0.1, 0.15) is 5.78 Å². The van der Waals surface area contributed by atoms with Gasteiger partial charge in [0.15, 0.2) is 0 Å². The van der Waals surface area contributed by atoms with Crippen LogP contribution in [0.3, 0.4) is 0 Å². The van der Waals surface area contributed by atoms with E-state index < -0.39 is 10.0 Å². The molecule has 0 aromatic carbocycles. The molecule has 1 aliphatic rings. The van der Waals surface area contributed by atoms with Crippen LogP contribution >= 0.6 is 0 Å². The Balaban J connectivity index is 2.80. The zero-order chi connectivity index (χ0) is 10.1. The lowest BCUT2D eigenvalue weighted by atomic mass is 10.0. The highest BCUT2D eigenvalue weighted by atomic mass is 32.2. The first-order valence-electron chi connectivity index (χ1n) is 4.43. The number of carbonyl (C=O) groups is 1. The molecular weight excluding hydrogens is 190 g/mol. The van der Waals surface area contributed by atoms with E-state index >= 15 is 0 Å². The highest BCUT2D eigenvalue weighted by Gasteiger charge is 2.31. The highest BCUT2D eigenvalue weighted by molar-refractivity contribution is 7.88. The van der Waals surface area contributed by atoms with E-state index in [4.69, 9.17) is 0 Å². The number of carbonyl (C=O) groups excluding carboxylic acids is 1. The molecule has 0 N–H and O–H groups in total. The summed E-state index contributed by atoms with van der Waals surface area (Å²) in [5, 5.41) is 0. The molecule has 1 saturated heterocycles. The maximum absolute atomic E-state index is 11.3. The van der Waals surface area contributed by atoms with Crippen LogP contribution in [0.2, 0.25) is 0 Å².